The average Bonchev–Trinajstić information content (AvgIpc) is 2.91. The number of likely N-dealkylation sites (N-methyl/N-ethyl adjacent to an activating group) is 1. The number of ketones is 1. The number of hydrogen-bond acceptors (Lipinski definition) is 5. The van der Waals surface area contributed by atoms with Crippen molar-refractivity contribution in [3.05, 3.63) is 34.8 Å². The van der Waals surface area contributed by atoms with Crippen molar-refractivity contribution in [2.75, 3.05) is 18.9 Å². The number of aryl methyl sites for hydroxylation is 1. The molecule has 23 heavy (non-hydrogen) atoms. The number of aromatic nitrogens is 1. The van der Waals surface area contributed by atoms with E-state index in [1.165, 1.54) is 0 Å². The molecule has 0 aliphatic rings. The Morgan fingerprint density at radius 1 is 1.30 bits per heavy atom. The van der Waals surface area contributed by atoms with Gasteiger partial charge in [-0.3, -0.25) is 9.78 Å². The molecule has 0 saturated carbocycles. The maximum absolute atomic E-state index is 12.1. The van der Waals surface area contributed by atoms with Gasteiger partial charge in [-0.05, 0) is 39.1 Å². The Hall–Kier alpha value is -1.98. The fourth-order valence-corrected chi connectivity index (χ4v) is 3.77. The number of nitrogens with one attached hydrogen (secondary N) is 2. The van der Waals surface area contributed by atoms with Crippen LogP contribution in [0.25, 0.3) is 21.0 Å². The SMILES string of the molecule is CNC(C)CNc1c(C(C)=O)sc2ccc3nc(C)ccc3c12. The number of anilines is 1. The zero-order chi connectivity index (χ0) is 16.6. The Balaban J connectivity index is 2.23. The molecule has 2 N–H and O–H groups in total. The number of thiophene rings is 1. The summed E-state index contributed by atoms with van der Waals surface area (Å²) in [6.45, 7) is 6.49. The minimum absolute atomic E-state index is 0.0963. The highest BCUT2D eigenvalue weighted by Crippen LogP contribution is 2.40. The number of fused-ring (bicyclic) bond motifs is 3. The van der Waals surface area contributed by atoms with Crippen LogP contribution in [0.3, 0.4) is 0 Å². The number of carbonyl (C=O) groups is 1. The lowest BCUT2D eigenvalue weighted by Crippen LogP contribution is -2.29. The van der Waals surface area contributed by atoms with Crippen LogP contribution in [0.15, 0.2) is 24.3 Å². The van der Waals surface area contributed by atoms with Crippen molar-refractivity contribution in [1.82, 2.24) is 10.3 Å². The van der Waals surface area contributed by atoms with E-state index in [9.17, 15) is 4.79 Å². The van der Waals surface area contributed by atoms with Crippen LogP contribution in [0.1, 0.15) is 29.2 Å². The largest absolute Gasteiger partial charge is 0.382 e. The summed E-state index contributed by atoms with van der Waals surface area (Å²) >= 11 is 1.55. The first-order valence-corrected chi connectivity index (χ1v) is 8.58. The van der Waals surface area contributed by atoms with E-state index in [4.69, 9.17) is 0 Å². The summed E-state index contributed by atoms with van der Waals surface area (Å²) in [6.07, 6.45) is 0. The summed E-state index contributed by atoms with van der Waals surface area (Å²) in [5.74, 6) is 0.0963. The number of carbonyl (C=O) groups excluding carboxylic acids is 1. The van der Waals surface area contributed by atoms with Crippen LogP contribution in [-0.4, -0.2) is 30.4 Å². The quantitative estimate of drug-likeness (QED) is 0.696. The van der Waals surface area contributed by atoms with E-state index >= 15 is 0 Å². The van der Waals surface area contributed by atoms with Crippen molar-refractivity contribution < 1.29 is 4.79 Å². The molecule has 0 aliphatic carbocycles. The van der Waals surface area contributed by atoms with Gasteiger partial charge >= 0.3 is 0 Å². The first kappa shape index (κ1) is 15.9. The smallest absolute Gasteiger partial charge is 0.171 e. The predicted octanol–water partition coefficient (Wildman–Crippen LogP) is 3.98. The number of rotatable bonds is 5. The van der Waals surface area contributed by atoms with Gasteiger partial charge in [0.2, 0.25) is 0 Å². The normalized spacial score (nSPS) is 12.7. The van der Waals surface area contributed by atoms with Crippen LogP contribution in [0.5, 0.6) is 0 Å². The van der Waals surface area contributed by atoms with Crippen LogP contribution in [0, 0.1) is 6.92 Å². The third-order valence-corrected chi connectivity index (χ3v) is 5.31. The molecule has 120 valence electrons. The summed E-state index contributed by atoms with van der Waals surface area (Å²) in [7, 11) is 1.94. The Labute approximate surface area is 139 Å². The molecular formula is C18H21N3OS. The molecule has 0 radical (unpaired) electrons. The van der Waals surface area contributed by atoms with Crippen molar-refractivity contribution in [2.45, 2.75) is 26.8 Å². The maximum atomic E-state index is 12.1. The van der Waals surface area contributed by atoms with Crippen molar-refractivity contribution >= 4 is 43.8 Å². The van der Waals surface area contributed by atoms with E-state index in [2.05, 4.69) is 34.7 Å². The van der Waals surface area contributed by atoms with E-state index in [1.807, 2.05) is 26.1 Å². The Morgan fingerprint density at radius 2 is 2.09 bits per heavy atom. The van der Waals surface area contributed by atoms with Gasteiger partial charge in [-0.15, -0.1) is 11.3 Å². The molecular weight excluding hydrogens is 306 g/mol. The van der Waals surface area contributed by atoms with E-state index < -0.39 is 0 Å². The fraction of sp³-hybridized carbons (Fsp3) is 0.333. The van der Waals surface area contributed by atoms with Crippen molar-refractivity contribution in [3.63, 3.8) is 0 Å². The summed E-state index contributed by atoms with van der Waals surface area (Å²) < 4.78 is 1.12. The highest BCUT2D eigenvalue weighted by atomic mass is 32.1. The molecule has 0 fully saturated rings. The van der Waals surface area contributed by atoms with Gasteiger partial charge < -0.3 is 10.6 Å². The molecule has 0 spiro atoms. The van der Waals surface area contributed by atoms with E-state index in [0.29, 0.717) is 6.04 Å². The van der Waals surface area contributed by atoms with Crippen molar-refractivity contribution in [3.8, 4) is 0 Å². The highest BCUT2D eigenvalue weighted by molar-refractivity contribution is 7.21. The molecule has 0 bridgehead atoms. The van der Waals surface area contributed by atoms with Gasteiger partial charge in [0.1, 0.15) is 0 Å². The molecule has 3 rings (SSSR count). The second-order valence-corrected chi connectivity index (χ2v) is 6.94. The summed E-state index contributed by atoms with van der Waals surface area (Å²) in [5, 5.41) is 8.89. The minimum Gasteiger partial charge on any atom is -0.382 e. The Kier molecular flexibility index (Phi) is 4.33. The predicted molar refractivity (Wildman–Crippen MR) is 98.9 cm³/mol. The monoisotopic (exact) mass is 327 g/mol. The second kappa shape index (κ2) is 6.26. The number of Topliss-reactive ketones (excluding diaryl/α,β-unsaturated/α-hetero) is 1. The molecule has 0 aliphatic heterocycles. The molecule has 1 unspecified atom stereocenters. The molecule has 1 atom stereocenters. The van der Waals surface area contributed by atoms with Crippen LogP contribution >= 0.6 is 11.3 Å². The van der Waals surface area contributed by atoms with E-state index in [0.717, 1.165) is 43.8 Å². The molecule has 3 aromatic rings. The van der Waals surface area contributed by atoms with Gasteiger partial charge in [-0.1, -0.05) is 6.07 Å². The Morgan fingerprint density at radius 3 is 2.78 bits per heavy atom. The first-order chi connectivity index (χ1) is 11.0. The average molecular weight is 327 g/mol. The van der Waals surface area contributed by atoms with Crippen molar-refractivity contribution in [1.29, 1.82) is 0 Å². The lowest BCUT2D eigenvalue weighted by atomic mass is 10.1. The molecule has 2 heterocycles. The van der Waals surface area contributed by atoms with Gasteiger partial charge in [0.15, 0.2) is 5.78 Å². The molecule has 1 aromatic carbocycles. The van der Waals surface area contributed by atoms with Gasteiger partial charge in [0.25, 0.3) is 0 Å². The van der Waals surface area contributed by atoms with E-state index in [1.54, 1.807) is 18.3 Å². The molecule has 0 amide bonds. The third kappa shape index (κ3) is 2.94. The molecule has 2 aromatic heterocycles. The van der Waals surface area contributed by atoms with E-state index in [-0.39, 0.29) is 5.78 Å². The van der Waals surface area contributed by atoms with Crippen molar-refractivity contribution in [2.24, 2.45) is 0 Å². The fourth-order valence-electron chi connectivity index (χ4n) is 2.68. The van der Waals surface area contributed by atoms with Crippen LogP contribution < -0.4 is 10.6 Å². The molecule has 5 heteroatoms. The van der Waals surface area contributed by atoms with Gasteiger partial charge in [0.05, 0.1) is 16.1 Å². The van der Waals surface area contributed by atoms with Crippen LogP contribution in [0.2, 0.25) is 0 Å². The minimum atomic E-state index is 0.0963. The lowest BCUT2D eigenvalue weighted by molar-refractivity contribution is 0.102. The Bertz CT molecular complexity index is 885. The number of benzene rings is 1. The van der Waals surface area contributed by atoms with Crippen LogP contribution in [-0.2, 0) is 0 Å². The zero-order valence-electron chi connectivity index (χ0n) is 13.9. The lowest BCUT2D eigenvalue weighted by Gasteiger charge is -2.13. The standard InChI is InChI=1S/C18H21N3OS/c1-10-5-6-13-14(21-10)7-8-15-16(13)17(18(23-15)12(3)22)20-9-11(2)19-4/h5-8,11,19-20H,9H2,1-4H3. The van der Waals surface area contributed by atoms with Crippen LogP contribution in [0.4, 0.5) is 5.69 Å². The summed E-state index contributed by atoms with van der Waals surface area (Å²) in [5.41, 5.74) is 2.91. The summed E-state index contributed by atoms with van der Waals surface area (Å²) in [6, 6.07) is 8.54. The first-order valence-electron chi connectivity index (χ1n) is 7.76. The summed E-state index contributed by atoms with van der Waals surface area (Å²) in [4.78, 5) is 17.5. The van der Waals surface area contributed by atoms with Gasteiger partial charge in [-0.2, -0.15) is 0 Å². The van der Waals surface area contributed by atoms with Gasteiger partial charge in [-0.25, -0.2) is 0 Å². The number of nitrogens with zero attached hydrogens (tertiary/aromatic N) is 1. The third-order valence-electron chi connectivity index (χ3n) is 4.06. The maximum Gasteiger partial charge on any atom is 0.171 e. The molecule has 4 nitrogen and oxygen atoms in total. The highest BCUT2D eigenvalue weighted by Gasteiger charge is 2.18. The number of hydrogen-bond donors (Lipinski definition) is 2. The molecule has 0 saturated heterocycles. The zero-order valence-corrected chi connectivity index (χ0v) is 14.7. The second-order valence-electron chi connectivity index (χ2n) is 5.89. The number of pyridine rings is 1. The van der Waals surface area contributed by atoms with Gasteiger partial charge in [0, 0.05) is 40.7 Å². The topological polar surface area (TPSA) is 54.0 Å².